The highest BCUT2D eigenvalue weighted by atomic mass is 32.2. The lowest BCUT2D eigenvalue weighted by molar-refractivity contribution is 0.102. The van der Waals surface area contributed by atoms with Crippen LogP contribution >= 0.6 is 11.8 Å². The maximum Gasteiger partial charge on any atom is 0.209 e. The molecule has 1 aromatic heterocycles. The van der Waals surface area contributed by atoms with E-state index in [1.165, 1.54) is 11.8 Å². The van der Waals surface area contributed by atoms with Crippen LogP contribution in [0.3, 0.4) is 0 Å². The Kier molecular flexibility index (Phi) is 3.53. The molecule has 0 aliphatic heterocycles. The molecule has 0 bridgehead atoms. The van der Waals surface area contributed by atoms with Gasteiger partial charge in [-0.1, -0.05) is 35.5 Å². The van der Waals surface area contributed by atoms with Crippen molar-refractivity contribution in [3.63, 3.8) is 0 Å². The van der Waals surface area contributed by atoms with Gasteiger partial charge in [-0.2, -0.15) is 0 Å². The Morgan fingerprint density at radius 1 is 1.47 bits per heavy atom. The first-order chi connectivity index (χ1) is 8.16. The zero-order valence-electron chi connectivity index (χ0n) is 9.62. The standard InChI is InChI=1S/C11H12N4OS/c1-8-4-3-5-9(6-8)10(16)7-17-11-12-13-14-15(11)2/h3-6H,7H2,1-2H3. The SMILES string of the molecule is Cc1cccc(C(=O)CSc2nnnn2C)c1. The summed E-state index contributed by atoms with van der Waals surface area (Å²) in [6.45, 7) is 1.97. The van der Waals surface area contributed by atoms with E-state index < -0.39 is 0 Å². The average molecular weight is 248 g/mol. The highest BCUT2D eigenvalue weighted by Gasteiger charge is 2.09. The summed E-state index contributed by atoms with van der Waals surface area (Å²) in [5.41, 5.74) is 1.81. The van der Waals surface area contributed by atoms with Crippen LogP contribution in [0, 0.1) is 6.92 Å². The molecule has 0 saturated heterocycles. The molecule has 88 valence electrons. The van der Waals surface area contributed by atoms with Gasteiger partial charge in [0.25, 0.3) is 0 Å². The molecule has 0 atom stereocenters. The number of benzene rings is 1. The summed E-state index contributed by atoms with van der Waals surface area (Å²) >= 11 is 1.34. The lowest BCUT2D eigenvalue weighted by Gasteiger charge is -2.01. The van der Waals surface area contributed by atoms with Crippen molar-refractivity contribution in [1.82, 2.24) is 20.2 Å². The van der Waals surface area contributed by atoms with E-state index in [0.29, 0.717) is 10.9 Å². The number of thioether (sulfide) groups is 1. The zero-order valence-corrected chi connectivity index (χ0v) is 10.4. The molecule has 0 saturated carbocycles. The zero-order chi connectivity index (χ0) is 12.3. The highest BCUT2D eigenvalue weighted by Crippen LogP contribution is 2.15. The van der Waals surface area contributed by atoms with E-state index in [4.69, 9.17) is 0 Å². The second-order valence-corrected chi connectivity index (χ2v) is 4.61. The third kappa shape index (κ3) is 2.91. The molecule has 5 nitrogen and oxygen atoms in total. The van der Waals surface area contributed by atoms with Gasteiger partial charge >= 0.3 is 0 Å². The van der Waals surface area contributed by atoms with E-state index in [0.717, 1.165) is 11.1 Å². The molecule has 2 aromatic rings. The molecule has 0 aliphatic rings. The predicted octanol–water partition coefficient (Wildman–Crippen LogP) is 1.49. The Labute approximate surface area is 103 Å². The fourth-order valence-electron chi connectivity index (χ4n) is 1.38. The van der Waals surface area contributed by atoms with Crippen molar-refractivity contribution in [3.8, 4) is 0 Å². The maximum atomic E-state index is 11.9. The number of hydrogen-bond acceptors (Lipinski definition) is 5. The normalized spacial score (nSPS) is 10.5. The number of tetrazole rings is 1. The van der Waals surface area contributed by atoms with E-state index in [9.17, 15) is 4.79 Å². The van der Waals surface area contributed by atoms with Crippen LogP contribution in [0.4, 0.5) is 0 Å². The number of aryl methyl sites for hydroxylation is 2. The van der Waals surface area contributed by atoms with Gasteiger partial charge in [0.1, 0.15) is 0 Å². The molecule has 1 aromatic carbocycles. The maximum absolute atomic E-state index is 11.9. The third-order valence-corrected chi connectivity index (χ3v) is 3.26. The molecule has 17 heavy (non-hydrogen) atoms. The van der Waals surface area contributed by atoms with E-state index in [1.54, 1.807) is 11.7 Å². The summed E-state index contributed by atoms with van der Waals surface area (Å²) < 4.78 is 1.55. The summed E-state index contributed by atoms with van der Waals surface area (Å²) in [7, 11) is 1.75. The molecular weight excluding hydrogens is 236 g/mol. The van der Waals surface area contributed by atoms with Gasteiger partial charge in [0.15, 0.2) is 5.78 Å². The summed E-state index contributed by atoms with van der Waals surface area (Å²) in [6, 6.07) is 7.57. The number of ketones is 1. The second-order valence-electron chi connectivity index (χ2n) is 3.67. The van der Waals surface area contributed by atoms with Crippen LogP contribution in [0.25, 0.3) is 0 Å². The van der Waals surface area contributed by atoms with E-state index in [2.05, 4.69) is 15.5 Å². The molecule has 0 unspecified atom stereocenters. The monoisotopic (exact) mass is 248 g/mol. The van der Waals surface area contributed by atoms with Crippen molar-refractivity contribution >= 4 is 17.5 Å². The van der Waals surface area contributed by atoms with E-state index in [1.807, 2.05) is 31.2 Å². The number of nitrogens with zero attached hydrogens (tertiary/aromatic N) is 4. The van der Waals surface area contributed by atoms with Crippen LogP contribution in [0.5, 0.6) is 0 Å². The molecule has 0 fully saturated rings. The second kappa shape index (κ2) is 5.09. The molecule has 0 N–H and O–H groups in total. The molecule has 2 rings (SSSR count). The smallest absolute Gasteiger partial charge is 0.209 e. The van der Waals surface area contributed by atoms with Crippen molar-refractivity contribution in [2.45, 2.75) is 12.1 Å². The summed E-state index contributed by atoms with van der Waals surface area (Å²) in [6.07, 6.45) is 0. The number of carbonyl (C=O) groups excluding carboxylic acids is 1. The minimum atomic E-state index is 0.0849. The number of carbonyl (C=O) groups is 1. The minimum Gasteiger partial charge on any atom is -0.293 e. The van der Waals surface area contributed by atoms with Crippen molar-refractivity contribution < 1.29 is 4.79 Å². The average Bonchev–Trinajstić information content (AvgIpc) is 2.72. The van der Waals surface area contributed by atoms with Crippen LogP contribution in [-0.2, 0) is 7.05 Å². The van der Waals surface area contributed by atoms with Gasteiger partial charge < -0.3 is 0 Å². The van der Waals surface area contributed by atoms with Crippen LogP contribution in [0.2, 0.25) is 0 Å². The number of aromatic nitrogens is 4. The van der Waals surface area contributed by atoms with Crippen molar-refractivity contribution in [2.24, 2.45) is 7.05 Å². The first-order valence-electron chi connectivity index (χ1n) is 5.12. The Morgan fingerprint density at radius 3 is 2.94 bits per heavy atom. The van der Waals surface area contributed by atoms with Gasteiger partial charge in [-0.25, -0.2) is 4.68 Å². The Balaban J connectivity index is 2.01. The predicted molar refractivity (Wildman–Crippen MR) is 65.0 cm³/mol. The third-order valence-electron chi connectivity index (χ3n) is 2.25. The highest BCUT2D eigenvalue weighted by molar-refractivity contribution is 7.99. The van der Waals surface area contributed by atoms with Gasteiger partial charge in [0.2, 0.25) is 5.16 Å². The van der Waals surface area contributed by atoms with Crippen LogP contribution < -0.4 is 0 Å². The molecule has 0 amide bonds. The quantitative estimate of drug-likeness (QED) is 0.606. The van der Waals surface area contributed by atoms with Gasteiger partial charge in [-0.05, 0) is 23.4 Å². The van der Waals surface area contributed by atoms with Gasteiger partial charge in [0, 0.05) is 12.6 Å². The fraction of sp³-hybridized carbons (Fsp3) is 0.273. The van der Waals surface area contributed by atoms with E-state index >= 15 is 0 Å². The van der Waals surface area contributed by atoms with Crippen molar-refractivity contribution in [3.05, 3.63) is 35.4 Å². The molecule has 0 radical (unpaired) electrons. The molecule has 0 aliphatic carbocycles. The Bertz CT molecular complexity index is 538. The van der Waals surface area contributed by atoms with Crippen molar-refractivity contribution in [2.75, 3.05) is 5.75 Å². The minimum absolute atomic E-state index is 0.0849. The Morgan fingerprint density at radius 2 is 2.29 bits per heavy atom. The van der Waals surface area contributed by atoms with Crippen LogP contribution in [0.1, 0.15) is 15.9 Å². The van der Waals surface area contributed by atoms with Crippen molar-refractivity contribution in [1.29, 1.82) is 0 Å². The van der Waals surface area contributed by atoms with Crippen LogP contribution in [0.15, 0.2) is 29.4 Å². The summed E-state index contributed by atoms with van der Waals surface area (Å²) in [5, 5.41) is 11.7. The van der Waals surface area contributed by atoms with Gasteiger partial charge in [-0.3, -0.25) is 4.79 Å². The largest absolute Gasteiger partial charge is 0.293 e. The summed E-state index contributed by atoms with van der Waals surface area (Å²) in [5.74, 6) is 0.430. The van der Waals surface area contributed by atoms with Gasteiger partial charge in [-0.15, -0.1) is 5.10 Å². The molecular formula is C11H12N4OS. The number of rotatable bonds is 4. The topological polar surface area (TPSA) is 60.7 Å². The lowest BCUT2D eigenvalue weighted by atomic mass is 10.1. The molecule has 1 heterocycles. The van der Waals surface area contributed by atoms with Crippen LogP contribution in [-0.4, -0.2) is 31.7 Å². The Hall–Kier alpha value is -1.69. The number of hydrogen-bond donors (Lipinski definition) is 0. The summed E-state index contributed by atoms with van der Waals surface area (Å²) in [4.78, 5) is 11.9. The lowest BCUT2D eigenvalue weighted by Crippen LogP contribution is -2.04. The first kappa shape index (κ1) is 11.8. The molecule has 6 heteroatoms. The molecule has 0 spiro atoms. The van der Waals surface area contributed by atoms with E-state index in [-0.39, 0.29) is 5.78 Å². The fourth-order valence-corrected chi connectivity index (χ4v) is 2.12. The van der Waals surface area contributed by atoms with Gasteiger partial charge in [0.05, 0.1) is 5.75 Å². The first-order valence-corrected chi connectivity index (χ1v) is 6.10. The number of Topliss-reactive ketones (excluding diaryl/α,β-unsaturated/α-hetero) is 1.